The molecular weight excluding hydrogens is 264 g/mol. The number of aryl methyl sites for hydroxylation is 1. The van der Waals surface area contributed by atoms with E-state index in [4.69, 9.17) is 5.11 Å². The highest BCUT2D eigenvalue weighted by molar-refractivity contribution is 5.78. The van der Waals surface area contributed by atoms with Gasteiger partial charge in [0.1, 0.15) is 5.75 Å². The van der Waals surface area contributed by atoms with Crippen LogP contribution in [0.3, 0.4) is 0 Å². The Morgan fingerprint density at radius 1 is 1.05 bits per heavy atom. The summed E-state index contributed by atoms with van der Waals surface area (Å²) in [6.07, 6.45) is 0.833. The van der Waals surface area contributed by atoms with Gasteiger partial charge in [0.15, 0.2) is 0 Å². The first-order chi connectivity index (χ1) is 9.32. The molecule has 0 fully saturated rings. The van der Waals surface area contributed by atoms with Gasteiger partial charge < -0.3 is 10.2 Å². The van der Waals surface area contributed by atoms with Gasteiger partial charge in [-0.15, -0.1) is 0 Å². The van der Waals surface area contributed by atoms with Crippen molar-refractivity contribution in [2.45, 2.75) is 59.3 Å². The molecule has 1 aromatic rings. The number of carbonyl (C=O) groups is 1. The largest absolute Gasteiger partial charge is 0.508 e. The lowest BCUT2D eigenvalue weighted by molar-refractivity contribution is -0.131. The monoisotopic (exact) mass is 292 g/mol. The van der Waals surface area contributed by atoms with Gasteiger partial charge in [0.2, 0.25) is 0 Å². The third kappa shape index (κ3) is 5.62. The van der Waals surface area contributed by atoms with Crippen molar-refractivity contribution in [1.29, 1.82) is 0 Å². The van der Waals surface area contributed by atoms with Crippen LogP contribution in [0.5, 0.6) is 5.75 Å². The summed E-state index contributed by atoms with van der Waals surface area (Å²) in [5.41, 5.74) is 3.65. The normalized spacial score (nSPS) is 11.4. The summed E-state index contributed by atoms with van der Waals surface area (Å²) >= 11 is 0. The maximum atomic E-state index is 10.1. The Labute approximate surface area is 128 Å². The number of hydrogen-bond acceptors (Lipinski definition) is 2. The molecule has 3 nitrogen and oxygen atoms in total. The Hall–Kier alpha value is -1.77. The zero-order chi connectivity index (χ0) is 17.0. The maximum Gasteiger partial charge on any atom is 0.327 e. The van der Waals surface area contributed by atoms with Gasteiger partial charge in [0.25, 0.3) is 0 Å². The number of phenolic OH excluding ortho intramolecular Hbond substituents is 1. The molecule has 0 heterocycles. The highest BCUT2D eigenvalue weighted by atomic mass is 16.4. The number of aromatic hydroxyl groups is 1. The molecule has 1 aromatic carbocycles. The van der Waals surface area contributed by atoms with Gasteiger partial charge in [-0.25, -0.2) is 4.79 Å². The number of aliphatic carboxylic acids is 1. The van der Waals surface area contributed by atoms with E-state index >= 15 is 0 Å². The minimum absolute atomic E-state index is 0.0291. The Balaban J connectivity index is 0.000000690. The van der Waals surface area contributed by atoms with Gasteiger partial charge in [-0.2, -0.15) is 0 Å². The fraction of sp³-hybridized carbons (Fsp3) is 0.500. The number of phenols is 1. The minimum Gasteiger partial charge on any atom is -0.508 e. The molecule has 0 bridgehead atoms. The molecule has 0 unspecified atom stereocenters. The highest BCUT2D eigenvalue weighted by Gasteiger charge is 2.29. The summed E-state index contributed by atoms with van der Waals surface area (Å²) in [5, 5.41) is 17.7. The van der Waals surface area contributed by atoms with Crippen LogP contribution in [0.1, 0.15) is 58.2 Å². The summed E-state index contributed by atoms with van der Waals surface area (Å²) in [7, 11) is 0. The molecule has 0 saturated heterocycles. The van der Waals surface area contributed by atoms with Gasteiger partial charge in [0, 0.05) is 11.6 Å². The number of carboxylic acid groups (broad SMARTS) is 1. The molecule has 0 aliphatic rings. The van der Waals surface area contributed by atoms with E-state index in [1.807, 2.05) is 12.1 Å². The van der Waals surface area contributed by atoms with Crippen molar-refractivity contribution in [1.82, 2.24) is 0 Å². The zero-order valence-electron chi connectivity index (χ0n) is 14.2. The van der Waals surface area contributed by atoms with Gasteiger partial charge in [-0.05, 0) is 34.9 Å². The number of rotatable bonds is 1. The smallest absolute Gasteiger partial charge is 0.327 e. The van der Waals surface area contributed by atoms with Crippen molar-refractivity contribution in [2.24, 2.45) is 0 Å². The second kappa shape index (κ2) is 6.79. The molecule has 0 spiro atoms. The molecule has 118 valence electrons. The van der Waals surface area contributed by atoms with E-state index in [1.165, 1.54) is 11.1 Å². The quantitative estimate of drug-likeness (QED) is 0.746. The molecule has 0 radical (unpaired) electrons. The van der Waals surface area contributed by atoms with Crippen LogP contribution in [-0.2, 0) is 15.6 Å². The molecule has 0 saturated carbocycles. The first-order valence-electron chi connectivity index (χ1n) is 7.01. The number of carboxylic acids is 1. The third-order valence-electron chi connectivity index (χ3n) is 3.07. The lowest BCUT2D eigenvalue weighted by atomic mass is 9.73. The summed E-state index contributed by atoms with van der Waals surface area (Å²) in [4.78, 5) is 9.25. The molecule has 0 aromatic heterocycles. The Bertz CT molecular complexity index is 475. The van der Waals surface area contributed by atoms with Crippen molar-refractivity contribution in [2.75, 3.05) is 0 Å². The summed E-state index contributed by atoms with van der Waals surface area (Å²) in [6.45, 7) is 18.1. The molecule has 21 heavy (non-hydrogen) atoms. The average molecular weight is 292 g/mol. The fourth-order valence-corrected chi connectivity index (χ4v) is 2.42. The van der Waals surface area contributed by atoms with Crippen LogP contribution in [0.4, 0.5) is 0 Å². The van der Waals surface area contributed by atoms with Crippen LogP contribution >= 0.6 is 0 Å². The van der Waals surface area contributed by atoms with E-state index in [2.05, 4.69) is 55.0 Å². The molecule has 0 atom stereocenters. The standard InChI is InChI=1S/C15H24O.C3H4O2/c1-10-8-9-11(16)13(15(5,6)7)12(10)14(2,3)4;1-2-3(4)5/h8-9,16H,1-7H3;2H,1H2,(H,4,5). The van der Waals surface area contributed by atoms with Crippen molar-refractivity contribution >= 4 is 5.97 Å². The first kappa shape index (κ1) is 19.2. The SMILES string of the molecule is C=CC(=O)O.Cc1ccc(O)c(C(C)(C)C)c1C(C)(C)C. The topological polar surface area (TPSA) is 57.5 Å². The molecular formula is C18H28O3. The fourth-order valence-electron chi connectivity index (χ4n) is 2.42. The summed E-state index contributed by atoms with van der Waals surface area (Å²) < 4.78 is 0. The molecule has 3 heteroatoms. The van der Waals surface area contributed by atoms with Gasteiger partial charge in [0.05, 0.1) is 0 Å². The van der Waals surface area contributed by atoms with Crippen LogP contribution in [0.15, 0.2) is 24.8 Å². The molecule has 0 amide bonds. The lowest BCUT2D eigenvalue weighted by Gasteiger charge is -2.32. The number of benzene rings is 1. The lowest BCUT2D eigenvalue weighted by Crippen LogP contribution is -2.23. The Morgan fingerprint density at radius 2 is 1.43 bits per heavy atom. The van der Waals surface area contributed by atoms with E-state index < -0.39 is 5.97 Å². The Morgan fingerprint density at radius 3 is 1.67 bits per heavy atom. The van der Waals surface area contributed by atoms with Gasteiger partial charge in [-0.1, -0.05) is 54.2 Å². The highest BCUT2D eigenvalue weighted by Crippen LogP contribution is 2.40. The first-order valence-corrected chi connectivity index (χ1v) is 7.01. The van der Waals surface area contributed by atoms with E-state index in [9.17, 15) is 9.90 Å². The molecule has 0 aliphatic carbocycles. The summed E-state index contributed by atoms with van der Waals surface area (Å²) in [5.74, 6) is -0.562. The van der Waals surface area contributed by atoms with Crippen molar-refractivity contribution in [3.8, 4) is 5.75 Å². The Kier molecular flexibility index (Phi) is 6.22. The van der Waals surface area contributed by atoms with Crippen molar-refractivity contribution < 1.29 is 15.0 Å². The maximum absolute atomic E-state index is 10.1. The molecule has 2 N–H and O–H groups in total. The molecule has 1 rings (SSSR count). The third-order valence-corrected chi connectivity index (χ3v) is 3.07. The van der Waals surface area contributed by atoms with E-state index in [-0.39, 0.29) is 10.8 Å². The van der Waals surface area contributed by atoms with Crippen LogP contribution in [0.2, 0.25) is 0 Å². The van der Waals surface area contributed by atoms with E-state index in [1.54, 1.807) is 0 Å². The zero-order valence-corrected chi connectivity index (χ0v) is 14.2. The summed E-state index contributed by atoms with van der Waals surface area (Å²) in [6, 6.07) is 3.82. The predicted molar refractivity (Wildman–Crippen MR) is 88.1 cm³/mol. The van der Waals surface area contributed by atoms with Crippen molar-refractivity contribution in [3.63, 3.8) is 0 Å². The second-order valence-electron chi connectivity index (χ2n) is 7.19. The second-order valence-corrected chi connectivity index (χ2v) is 7.19. The van der Waals surface area contributed by atoms with Crippen LogP contribution < -0.4 is 0 Å². The number of hydrogen-bond donors (Lipinski definition) is 2. The van der Waals surface area contributed by atoms with Crippen LogP contribution in [0.25, 0.3) is 0 Å². The van der Waals surface area contributed by atoms with E-state index in [0.717, 1.165) is 11.6 Å². The van der Waals surface area contributed by atoms with Gasteiger partial charge >= 0.3 is 5.97 Å². The average Bonchev–Trinajstić information content (AvgIpc) is 2.29. The molecule has 0 aliphatic heterocycles. The van der Waals surface area contributed by atoms with Gasteiger partial charge in [-0.3, -0.25) is 0 Å². The van der Waals surface area contributed by atoms with Crippen LogP contribution in [0, 0.1) is 6.92 Å². The van der Waals surface area contributed by atoms with E-state index in [0.29, 0.717) is 5.75 Å². The minimum atomic E-state index is -0.981. The predicted octanol–water partition coefficient (Wildman–Crippen LogP) is 4.55. The van der Waals surface area contributed by atoms with Crippen LogP contribution in [-0.4, -0.2) is 16.2 Å². The van der Waals surface area contributed by atoms with Crippen molar-refractivity contribution in [3.05, 3.63) is 41.5 Å².